The van der Waals surface area contributed by atoms with Crippen LogP contribution in [0.5, 0.6) is 5.75 Å². The number of phenolic OH excluding ortho intramolecular Hbond substituents is 1. The van der Waals surface area contributed by atoms with E-state index in [1.54, 1.807) is 6.07 Å². The van der Waals surface area contributed by atoms with Crippen molar-refractivity contribution in [2.24, 2.45) is 0 Å². The number of hydrogen-bond donors (Lipinski definition) is 2. The Morgan fingerprint density at radius 2 is 1.53 bits per heavy atom. The number of nitrogens with one attached hydrogen (secondary N) is 1. The third-order valence-corrected chi connectivity index (χ3v) is 4.71. The lowest BCUT2D eigenvalue weighted by molar-refractivity contribution is 0.469. The molecule has 0 saturated carbocycles. The first-order valence-corrected chi connectivity index (χ1v) is 8.50. The van der Waals surface area contributed by atoms with Gasteiger partial charge in [0.05, 0.1) is 5.69 Å². The van der Waals surface area contributed by atoms with Crippen LogP contribution in [-0.4, -0.2) is 5.11 Å². The highest BCUT2D eigenvalue weighted by atomic mass is 79.9. The van der Waals surface area contributed by atoms with Gasteiger partial charge in [-0.05, 0) is 62.2 Å². The Morgan fingerprint density at radius 1 is 0.895 bits per heavy atom. The number of anilines is 1. The maximum Gasteiger partial charge on any atom is 0.120 e. The molecule has 0 spiro atoms. The molecule has 2 rings (SSSR count). The van der Waals surface area contributed by atoms with Gasteiger partial charge in [-0.15, -0.1) is 0 Å². The van der Waals surface area contributed by atoms with Crippen LogP contribution in [0.4, 0.5) is 5.69 Å². The topological polar surface area (TPSA) is 32.3 Å². The van der Waals surface area contributed by atoms with Crippen LogP contribution in [0.2, 0.25) is 0 Å². The zero-order valence-electron chi connectivity index (χ0n) is 9.55. The third kappa shape index (κ3) is 3.97. The fourth-order valence-electron chi connectivity index (χ4n) is 1.59. The van der Waals surface area contributed by atoms with Crippen molar-refractivity contribution in [1.82, 2.24) is 0 Å². The molecule has 0 aliphatic rings. The largest absolute Gasteiger partial charge is 0.508 e. The van der Waals surface area contributed by atoms with E-state index in [-0.39, 0.29) is 5.75 Å². The monoisotopic (exact) mass is 511 g/mol. The fourth-order valence-corrected chi connectivity index (χ4v) is 4.54. The van der Waals surface area contributed by atoms with Gasteiger partial charge in [0.15, 0.2) is 0 Å². The SMILES string of the molecule is Oc1ccc(Br)cc1CNc1c(Br)cc(Br)cc1Br. The molecule has 0 bridgehead atoms. The number of benzene rings is 2. The summed E-state index contributed by atoms with van der Waals surface area (Å²) < 4.78 is 3.82. The van der Waals surface area contributed by atoms with Crippen LogP contribution in [0.3, 0.4) is 0 Å². The molecule has 2 N–H and O–H groups in total. The average molecular weight is 515 g/mol. The van der Waals surface area contributed by atoms with Crippen LogP contribution >= 0.6 is 63.7 Å². The minimum atomic E-state index is 0.278. The van der Waals surface area contributed by atoms with Gasteiger partial charge in [0.25, 0.3) is 0 Å². The molecular formula is C13H9Br4NO. The highest BCUT2D eigenvalue weighted by Gasteiger charge is 2.08. The summed E-state index contributed by atoms with van der Waals surface area (Å²) in [6.07, 6.45) is 0. The van der Waals surface area contributed by atoms with Crippen LogP contribution in [0.25, 0.3) is 0 Å². The second-order valence-corrected chi connectivity index (χ2v) is 7.41. The van der Waals surface area contributed by atoms with E-state index in [2.05, 4.69) is 69.0 Å². The van der Waals surface area contributed by atoms with Gasteiger partial charge in [-0.2, -0.15) is 0 Å². The van der Waals surface area contributed by atoms with E-state index in [0.29, 0.717) is 6.54 Å². The van der Waals surface area contributed by atoms with Gasteiger partial charge in [0, 0.05) is 30.0 Å². The van der Waals surface area contributed by atoms with E-state index < -0.39 is 0 Å². The van der Waals surface area contributed by atoms with Crippen LogP contribution in [0.15, 0.2) is 48.2 Å². The molecule has 0 aliphatic heterocycles. The Morgan fingerprint density at radius 3 is 2.16 bits per heavy atom. The van der Waals surface area contributed by atoms with Crippen molar-refractivity contribution in [1.29, 1.82) is 0 Å². The molecule has 19 heavy (non-hydrogen) atoms. The highest BCUT2D eigenvalue weighted by molar-refractivity contribution is 9.11. The summed E-state index contributed by atoms with van der Waals surface area (Å²) in [7, 11) is 0. The van der Waals surface area contributed by atoms with Crippen LogP contribution in [-0.2, 0) is 6.54 Å². The number of rotatable bonds is 3. The van der Waals surface area contributed by atoms with Crippen LogP contribution < -0.4 is 5.32 Å². The molecule has 100 valence electrons. The van der Waals surface area contributed by atoms with Gasteiger partial charge in [0.2, 0.25) is 0 Å². The van der Waals surface area contributed by atoms with Crippen molar-refractivity contribution in [2.45, 2.75) is 6.54 Å². The molecule has 0 saturated heterocycles. The quantitative estimate of drug-likeness (QED) is 0.522. The number of hydrogen-bond acceptors (Lipinski definition) is 2. The lowest BCUT2D eigenvalue weighted by Crippen LogP contribution is -2.01. The molecule has 0 atom stereocenters. The molecule has 6 heteroatoms. The first kappa shape index (κ1) is 15.4. The Kier molecular flexibility index (Phi) is 5.34. The molecule has 2 aromatic carbocycles. The molecule has 0 fully saturated rings. The fraction of sp³-hybridized carbons (Fsp3) is 0.0769. The molecule has 0 aromatic heterocycles. The van der Waals surface area contributed by atoms with Crippen molar-refractivity contribution < 1.29 is 5.11 Å². The lowest BCUT2D eigenvalue weighted by atomic mass is 10.2. The minimum absolute atomic E-state index is 0.278. The van der Waals surface area contributed by atoms with Crippen LogP contribution in [0.1, 0.15) is 5.56 Å². The predicted octanol–water partition coefficient (Wildman–Crippen LogP) is 6.05. The summed E-state index contributed by atoms with van der Waals surface area (Å²) in [5.41, 5.74) is 1.78. The molecule has 0 radical (unpaired) electrons. The maximum atomic E-state index is 9.80. The van der Waals surface area contributed by atoms with Gasteiger partial charge in [-0.1, -0.05) is 31.9 Å². The van der Waals surface area contributed by atoms with Crippen molar-refractivity contribution in [3.63, 3.8) is 0 Å². The lowest BCUT2D eigenvalue weighted by Gasteiger charge is -2.12. The predicted molar refractivity (Wildman–Crippen MR) is 92.7 cm³/mol. The number of phenols is 1. The molecule has 0 aliphatic carbocycles. The van der Waals surface area contributed by atoms with Gasteiger partial charge in [-0.3, -0.25) is 0 Å². The Labute approximate surface area is 145 Å². The van der Waals surface area contributed by atoms with Crippen molar-refractivity contribution in [3.05, 3.63) is 53.8 Å². The maximum absolute atomic E-state index is 9.80. The molecule has 0 unspecified atom stereocenters. The summed E-state index contributed by atoms with van der Waals surface area (Å²) in [6.45, 7) is 0.532. The first-order valence-electron chi connectivity index (χ1n) is 5.33. The molecule has 0 heterocycles. The average Bonchev–Trinajstić information content (AvgIpc) is 2.32. The summed E-state index contributed by atoms with van der Waals surface area (Å²) in [4.78, 5) is 0. The van der Waals surface area contributed by atoms with Crippen molar-refractivity contribution >= 4 is 69.4 Å². The van der Waals surface area contributed by atoms with E-state index in [1.807, 2.05) is 24.3 Å². The first-order chi connectivity index (χ1) is 8.97. The summed E-state index contributed by atoms with van der Waals surface area (Å²) in [5.74, 6) is 0.278. The van der Waals surface area contributed by atoms with Gasteiger partial charge < -0.3 is 10.4 Å². The molecule has 0 amide bonds. The Bertz CT molecular complexity index is 593. The standard InChI is InChI=1S/C13H9Br4NO/c14-8-1-2-12(19)7(3-8)6-18-13-10(16)4-9(15)5-11(13)17/h1-5,18-19H,6H2. The van der Waals surface area contributed by atoms with Gasteiger partial charge >= 0.3 is 0 Å². The number of halogens is 4. The Balaban J connectivity index is 2.21. The normalized spacial score (nSPS) is 10.5. The number of aromatic hydroxyl groups is 1. The minimum Gasteiger partial charge on any atom is -0.508 e. The van der Waals surface area contributed by atoms with Gasteiger partial charge in [0.1, 0.15) is 5.75 Å². The van der Waals surface area contributed by atoms with Crippen molar-refractivity contribution in [3.8, 4) is 5.75 Å². The van der Waals surface area contributed by atoms with Gasteiger partial charge in [-0.25, -0.2) is 0 Å². The molecule has 2 aromatic rings. The third-order valence-electron chi connectivity index (χ3n) is 2.50. The van der Waals surface area contributed by atoms with E-state index in [9.17, 15) is 5.11 Å². The zero-order valence-corrected chi connectivity index (χ0v) is 15.9. The van der Waals surface area contributed by atoms with E-state index in [0.717, 1.165) is 29.1 Å². The second kappa shape index (κ2) is 6.61. The highest BCUT2D eigenvalue weighted by Crippen LogP contribution is 2.35. The molecule has 2 nitrogen and oxygen atoms in total. The smallest absolute Gasteiger partial charge is 0.120 e. The van der Waals surface area contributed by atoms with E-state index >= 15 is 0 Å². The van der Waals surface area contributed by atoms with E-state index in [1.165, 1.54) is 0 Å². The van der Waals surface area contributed by atoms with Crippen LogP contribution in [0, 0.1) is 0 Å². The summed E-state index contributed by atoms with van der Waals surface area (Å²) >= 11 is 13.8. The zero-order chi connectivity index (χ0) is 14.0. The summed E-state index contributed by atoms with van der Waals surface area (Å²) in [5, 5.41) is 13.1. The second-order valence-electron chi connectivity index (χ2n) is 3.87. The van der Waals surface area contributed by atoms with Crippen molar-refractivity contribution in [2.75, 3.05) is 5.32 Å². The summed E-state index contributed by atoms with van der Waals surface area (Å²) in [6, 6.07) is 9.31. The van der Waals surface area contributed by atoms with E-state index in [4.69, 9.17) is 0 Å². The Hall–Kier alpha value is -0.0400. The molecular weight excluding hydrogens is 506 g/mol.